The molecule has 0 aliphatic heterocycles. The van der Waals surface area contributed by atoms with Gasteiger partial charge in [-0.2, -0.15) is 0 Å². The van der Waals surface area contributed by atoms with E-state index in [1.807, 2.05) is 0 Å². The Morgan fingerprint density at radius 1 is 1.57 bits per heavy atom. The van der Waals surface area contributed by atoms with Gasteiger partial charge in [0.05, 0.1) is 0 Å². The van der Waals surface area contributed by atoms with E-state index in [9.17, 15) is 0 Å². The highest BCUT2D eigenvalue weighted by molar-refractivity contribution is 4.45. The molecule has 0 aliphatic rings. The van der Waals surface area contributed by atoms with Crippen molar-refractivity contribution < 1.29 is 12.4 Å². The van der Waals surface area contributed by atoms with Gasteiger partial charge in [0.15, 0.2) is 0 Å². The van der Waals surface area contributed by atoms with E-state index >= 15 is 0 Å². The molecule has 0 aromatic rings. The number of hydrogen-bond acceptors (Lipinski definition) is 1. The normalized spacial score (nSPS) is 12.4. The maximum absolute atomic E-state index is 5.28. The van der Waals surface area contributed by atoms with Crippen LogP contribution in [0.1, 0.15) is 20.3 Å². The molecule has 0 bridgehead atoms. The number of hydrogen-bond donors (Lipinski definition) is 1. The minimum absolute atomic E-state index is 0. The molecule has 0 aliphatic carbocycles. The summed E-state index contributed by atoms with van der Waals surface area (Å²) in [6.45, 7) is 5.13. The van der Waals surface area contributed by atoms with Gasteiger partial charge in [0.2, 0.25) is 0 Å². The van der Waals surface area contributed by atoms with Gasteiger partial charge in [0.1, 0.15) is 0 Å². The zero-order chi connectivity index (χ0) is 4.99. The maximum atomic E-state index is 5.28. The summed E-state index contributed by atoms with van der Waals surface area (Å²) < 4.78 is 0. The second-order valence-electron chi connectivity index (χ2n) is 1.75. The fraction of sp³-hybridized carbons (Fsp3) is 1.00. The largest absolute Gasteiger partial charge is 1.00 e. The highest BCUT2D eigenvalue weighted by Crippen LogP contribution is 1.93. The van der Waals surface area contributed by atoms with E-state index in [-0.39, 0.29) is 12.4 Å². The molecule has 1 nitrogen and oxygen atoms in total. The number of rotatable bonds is 2. The van der Waals surface area contributed by atoms with Gasteiger partial charge in [-0.15, -0.1) is 0 Å². The Hall–Kier alpha value is 0.250. The molecule has 7 heavy (non-hydrogen) atoms. The van der Waals surface area contributed by atoms with Crippen molar-refractivity contribution in [3.63, 3.8) is 0 Å². The van der Waals surface area contributed by atoms with Crippen LogP contribution >= 0.6 is 0 Å². The van der Waals surface area contributed by atoms with Crippen LogP contribution in [0.5, 0.6) is 0 Å². The molecule has 0 aromatic heterocycles. The first-order valence-electron chi connectivity index (χ1n) is 2.51. The summed E-state index contributed by atoms with van der Waals surface area (Å²) in [6, 6.07) is 0. The maximum Gasteiger partial charge on any atom is -0.00516 e. The first-order valence-corrected chi connectivity index (χ1v) is 2.51. The average molecular weight is 123 g/mol. The van der Waals surface area contributed by atoms with Crippen LogP contribution in [0.15, 0.2) is 0 Å². The fourth-order valence-electron chi connectivity index (χ4n) is 0.167. The van der Waals surface area contributed by atoms with Crippen molar-refractivity contribution in [2.45, 2.75) is 20.3 Å². The van der Waals surface area contributed by atoms with E-state index in [1.54, 1.807) is 0 Å². The van der Waals surface area contributed by atoms with E-state index in [0.717, 1.165) is 6.54 Å². The Balaban J connectivity index is 0. The van der Waals surface area contributed by atoms with Crippen molar-refractivity contribution >= 4 is 0 Å². The molecule has 0 radical (unpaired) electrons. The van der Waals surface area contributed by atoms with Crippen molar-refractivity contribution in [2.24, 2.45) is 11.7 Å². The van der Waals surface area contributed by atoms with Crippen LogP contribution < -0.4 is 18.1 Å². The van der Waals surface area contributed by atoms with Crippen LogP contribution in [0, 0.1) is 5.92 Å². The Bertz CT molecular complexity index is 27.3. The molecule has 1 atom stereocenters. The highest BCUT2D eigenvalue weighted by Gasteiger charge is 1.88. The molecule has 0 saturated carbocycles. The lowest BCUT2D eigenvalue weighted by Crippen LogP contribution is -3.00. The highest BCUT2D eigenvalue weighted by atomic mass is 35.5. The summed E-state index contributed by atoms with van der Waals surface area (Å²) in [5.41, 5.74) is 5.28. The lowest BCUT2D eigenvalue weighted by Gasteiger charge is -1.98. The molecule has 0 rings (SSSR count). The molecule has 1 unspecified atom stereocenters. The molecule has 0 heterocycles. The van der Waals surface area contributed by atoms with Crippen LogP contribution in [-0.2, 0) is 0 Å². The van der Waals surface area contributed by atoms with E-state index in [2.05, 4.69) is 13.8 Å². The molecule has 0 amide bonds. The van der Waals surface area contributed by atoms with Crippen LogP contribution in [-0.4, -0.2) is 6.54 Å². The van der Waals surface area contributed by atoms with Crippen molar-refractivity contribution in [3.05, 3.63) is 0 Å². The van der Waals surface area contributed by atoms with Crippen molar-refractivity contribution in [3.8, 4) is 0 Å². The number of nitrogens with two attached hydrogens (primary N) is 1. The van der Waals surface area contributed by atoms with Crippen LogP contribution in [0.25, 0.3) is 0 Å². The third-order valence-electron chi connectivity index (χ3n) is 1.10. The molecule has 2 heteroatoms. The van der Waals surface area contributed by atoms with Gasteiger partial charge in [-0.1, -0.05) is 20.3 Å². The Morgan fingerprint density at radius 3 is 2.00 bits per heavy atom. The van der Waals surface area contributed by atoms with Gasteiger partial charge in [-0.3, -0.25) is 0 Å². The summed E-state index contributed by atoms with van der Waals surface area (Å²) in [7, 11) is 0. The van der Waals surface area contributed by atoms with Crippen molar-refractivity contribution in [2.75, 3.05) is 6.54 Å². The minimum atomic E-state index is 0. The van der Waals surface area contributed by atoms with Crippen LogP contribution in [0.2, 0.25) is 0 Å². The van der Waals surface area contributed by atoms with E-state index in [4.69, 9.17) is 5.73 Å². The van der Waals surface area contributed by atoms with Gasteiger partial charge in [0, 0.05) is 0 Å². The van der Waals surface area contributed by atoms with Crippen molar-refractivity contribution in [1.82, 2.24) is 0 Å². The molecule has 0 spiro atoms. The lowest BCUT2D eigenvalue weighted by molar-refractivity contribution is -0.00000155. The third-order valence-corrected chi connectivity index (χ3v) is 1.10. The molecular weight excluding hydrogens is 110 g/mol. The number of halogens is 1. The second kappa shape index (κ2) is 6.25. The quantitative estimate of drug-likeness (QED) is 0.451. The Labute approximate surface area is 51.7 Å². The third kappa shape index (κ3) is 6.25. The van der Waals surface area contributed by atoms with E-state index in [1.165, 1.54) is 6.42 Å². The molecule has 46 valence electrons. The topological polar surface area (TPSA) is 26.0 Å². The molecular formula is C5H13ClN-. The first-order chi connectivity index (χ1) is 2.81. The minimum Gasteiger partial charge on any atom is -1.00 e. The predicted molar refractivity (Wildman–Crippen MR) is 28.5 cm³/mol. The van der Waals surface area contributed by atoms with E-state index in [0.29, 0.717) is 5.92 Å². The summed E-state index contributed by atoms with van der Waals surface area (Å²) >= 11 is 0. The van der Waals surface area contributed by atoms with E-state index < -0.39 is 0 Å². The molecule has 0 aromatic carbocycles. The van der Waals surface area contributed by atoms with Crippen LogP contribution in [0.4, 0.5) is 0 Å². The lowest BCUT2D eigenvalue weighted by atomic mass is 10.1. The fourth-order valence-corrected chi connectivity index (χ4v) is 0.167. The van der Waals surface area contributed by atoms with Crippen LogP contribution in [0.3, 0.4) is 0 Å². The zero-order valence-electron chi connectivity index (χ0n) is 4.95. The predicted octanol–water partition coefficient (Wildman–Crippen LogP) is -2.00. The summed E-state index contributed by atoms with van der Waals surface area (Å²) in [5.74, 6) is 0.713. The standard InChI is InChI=1S/C5H13N.ClH/c1-3-5(2)4-6;/h5H,3-4,6H2,1-2H3;1H/p-1. The molecule has 2 N–H and O–H groups in total. The summed E-state index contributed by atoms with van der Waals surface area (Å²) in [5, 5.41) is 0. The van der Waals surface area contributed by atoms with Gasteiger partial charge in [-0.25, -0.2) is 0 Å². The van der Waals surface area contributed by atoms with Gasteiger partial charge in [0.25, 0.3) is 0 Å². The zero-order valence-corrected chi connectivity index (χ0v) is 5.70. The van der Waals surface area contributed by atoms with Crippen molar-refractivity contribution in [1.29, 1.82) is 0 Å². The monoisotopic (exact) mass is 122 g/mol. The SMILES string of the molecule is CCC(C)CN.[Cl-]. The molecule has 0 saturated heterocycles. The molecule has 0 fully saturated rings. The van der Waals surface area contributed by atoms with Gasteiger partial charge < -0.3 is 18.1 Å². The Morgan fingerprint density at radius 2 is 2.00 bits per heavy atom. The van der Waals surface area contributed by atoms with Gasteiger partial charge >= 0.3 is 0 Å². The average Bonchev–Trinajstić information content (AvgIpc) is 1.65. The van der Waals surface area contributed by atoms with Gasteiger partial charge in [-0.05, 0) is 12.5 Å². The smallest absolute Gasteiger partial charge is 0.00516 e. The Kier molecular flexibility index (Phi) is 9.17. The summed E-state index contributed by atoms with van der Waals surface area (Å²) in [6.07, 6.45) is 1.20. The first kappa shape index (κ1) is 10.3. The second-order valence-corrected chi connectivity index (χ2v) is 1.75. The summed E-state index contributed by atoms with van der Waals surface area (Å²) in [4.78, 5) is 0.